The highest BCUT2D eigenvalue weighted by Crippen LogP contribution is 2.22. The lowest BCUT2D eigenvalue weighted by molar-refractivity contribution is -0.00557. The summed E-state index contributed by atoms with van der Waals surface area (Å²) in [6, 6.07) is 4.12. The molecule has 0 bridgehead atoms. The van der Waals surface area contributed by atoms with Crippen molar-refractivity contribution in [3.63, 3.8) is 0 Å². The van der Waals surface area contributed by atoms with Gasteiger partial charge in [0.2, 0.25) is 0 Å². The summed E-state index contributed by atoms with van der Waals surface area (Å²) in [5.41, 5.74) is 2.93. The predicted octanol–water partition coefficient (Wildman–Crippen LogP) is 1.96. The van der Waals surface area contributed by atoms with Crippen LogP contribution in [0.1, 0.15) is 25.2 Å². The maximum Gasteiger partial charge on any atom is 0.157 e. The number of rotatable bonds is 1. The van der Waals surface area contributed by atoms with Crippen molar-refractivity contribution < 1.29 is 4.74 Å². The summed E-state index contributed by atoms with van der Waals surface area (Å²) in [4.78, 5) is 6.87. The van der Waals surface area contributed by atoms with Crippen molar-refractivity contribution in [2.24, 2.45) is 0 Å². The van der Waals surface area contributed by atoms with Gasteiger partial charge in [-0.25, -0.2) is 4.98 Å². The first-order valence-corrected chi connectivity index (χ1v) is 6.77. The van der Waals surface area contributed by atoms with Crippen molar-refractivity contribution in [1.29, 1.82) is 0 Å². The fraction of sp³-hybridized carbons (Fsp3) is 0.571. The lowest BCUT2D eigenvalue weighted by Crippen LogP contribution is -2.46. The second kappa shape index (κ2) is 4.49. The molecule has 1 aliphatic heterocycles. The van der Waals surface area contributed by atoms with Crippen LogP contribution in [0.3, 0.4) is 0 Å². The minimum absolute atomic E-state index is 0.240. The molecule has 2 aromatic rings. The number of hydrogen-bond donors (Lipinski definition) is 0. The molecule has 0 saturated carbocycles. The Hall–Kier alpha value is -1.62. The molecule has 1 fully saturated rings. The molecule has 2 atom stereocenters. The van der Waals surface area contributed by atoms with Crippen LogP contribution in [0.4, 0.5) is 5.82 Å². The largest absolute Gasteiger partial charge is 0.372 e. The average molecular weight is 260 g/mol. The highest BCUT2D eigenvalue weighted by molar-refractivity contribution is 5.52. The molecule has 0 N–H and O–H groups in total. The van der Waals surface area contributed by atoms with Gasteiger partial charge in [-0.15, -0.1) is 0 Å². The Morgan fingerprint density at radius 3 is 2.47 bits per heavy atom. The van der Waals surface area contributed by atoms with Crippen molar-refractivity contribution in [2.45, 2.75) is 39.9 Å². The first-order chi connectivity index (χ1) is 9.02. The molecular formula is C14H20N4O. The van der Waals surface area contributed by atoms with E-state index in [4.69, 9.17) is 4.74 Å². The van der Waals surface area contributed by atoms with Gasteiger partial charge in [-0.1, -0.05) is 0 Å². The molecule has 5 heteroatoms. The van der Waals surface area contributed by atoms with Gasteiger partial charge >= 0.3 is 0 Å². The fourth-order valence-electron chi connectivity index (χ4n) is 2.79. The van der Waals surface area contributed by atoms with Gasteiger partial charge in [-0.2, -0.15) is 9.61 Å². The van der Waals surface area contributed by atoms with Gasteiger partial charge in [-0.3, -0.25) is 0 Å². The minimum atomic E-state index is 0.240. The fourth-order valence-corrected chi connectivity index (χ4v) is 2.79. The third-order valence-corrected chi connectivity index (χ3v) is 3.40. The number of aryl methyl sites for hydroxylation is 2. The molecule has 1 saturated heterocycles. The van der Waals surface area contributed by atoms with Gasteiger partial charge in [0.05, 0.1) is 17.9 Å². The summed E-state index contributed by atoms with van der Waals surface area (Å²) in [6.45, 7) is 10.0. The maximum atomic E-state index is 5.80. The Morgan fingerprint density at radius 1 is 1.11 bits per heavy atom. The van der Waals surface area contributed by atoms with E-state index in [0.29, 0.717) is 0 Å². The van der Waals surface area contributed by atoms with Gasteiger partial charge < -0.3 is 9.64 Å². The number of aromatic nitrogens is 3. The lowest BCUT2D eigenvalue weighted by atomic mass is 10.2. The molecule has 3 rings (SSSR count). The van der Waals surface area contributed by atoms with E-state index in [1.807, 2.05) is 24.4 Å². The van der Waals surface area contributed by atoms with Crippen molar-refractivity contribution in [3.8, 4) is 0 Å². The van der Waals surface area contributed by atoms with Crippen LogP contribution >= 0.6 is 0 Å². The second-order valence-corrected chi connectivity index (χ2v) is 5.47. The summed E-state index contributed by atoms with van der Waals surface area (Å²) < 4.78 is 7.74. The minimum Gasteiger partial charge on any atom is -0.372 e. The average Bonchev–Trinajstić information content (AvgIpc) is 2.66. The topological polar surface area (TPSA) is 42.7 Å². The molecule has 2 aromatic heterocycles. The molecule has 0 aromatic carbocycles. The zero-order valence-electron chi connectivity index (χ0n) is 11.9. The van der Waals surface area contributed by atoms with Crippen LogP contribution in [0, 0.1) is 13.8 Å². The van der Waals surface area contributed by atoms with Gasteiger partial charge in [0.25, 0.3) is 0 Å². The van der Waals surface area contributed by atoms with Crippen molar-refractivity contribution in [3.05, 3.63) is 23.5 Å². The smallest absolute Gasteiger partial charge is 0.157 e. The van der Waals surface area contributed by atoms with E-state index >= 15 is 0 Å². The van der Waals surface area contributed by atoms with Crippen LogP contribution in [0.2, 0.25) is 0 Å². The monoisotopic (exact) mass is 260 g/mol. The molecule has 19 heavy (non-hydrogen) atoms. The molecule has 0 unspecified atom stereocenters. The molecule has 0 aliphatic carbocycles. The Morgan fingerprint density at radius 2 is 1.79 bits per heavy atom. The van der Waals surface area contributed by atoms with Crippen LogP contribution < -0.4 is 4.90 Å². The Bertz CT molecular complexity index is 597. The molecule has 3 heterocycles. The van der Waals surface area contributed by atoms with Crippen LogP contribution in [0.15, 0.2) is 12.1 Å². The number of hydrogen-bond acceptors (Lipinski definition) is 4. The first kappa shape index (κ1) is 12.4. The van der Waals surface area contributed by atoms with Gasteiger partial charge in [0.1, 0.15) is 5.82 Å². The van der Waals surface area contributed by atoms with E-state index in [1.165, 1.54) is 0 Å². The SMILES string of the molecule is Cc1cc(N2C[C@@H](C)O[C@@H](C)C2)n2nc(C)cc2n1. The van der Waals surface area contributed by atoms with E-state index in [-0.39, 0.29) is 12.2 Å². The van der Waals surface area contributed by atoms with Crippen molar-refractivity contribution >= 4 is 11.5 Å². The number of nitrogens with zero attached hydrogens (tertiary/aromatic N) is 4. The number of anilines is 1. The Labute approximate surface area is 113 Å². The number of fused-ring (bicyclic) bond motifs is 1. The van der Waals surface area contributed by atoms with E-state index in [9.17, 15) is 0 Å². The molecule has 0 radical (unpaired) electrons. The van der Waals surface area contributed by atoms with Crippen molar-refractivity contribution in [2.75, 3.05) is 18.0 Å². The molecule has 1 aliphatic rings. The molecular weight excluding hydrogens is 240 g/mol. The standard InChI is InChI=1S/C14H20N4O/c1-9-6-14(17-7-11(3)19-12(4)8-17)18-13(15-9)5-10(2)16-18/h5-6,11-12H,7-8H2,1-4H3/t11-,12+. The summed E-state index contributed by atoms with van der Waals surface area (Å²) >= 11 is 0. The lowest BCUT2D eigenvalue weighted by Gasteiger charge is -2.36. The Kier molecular flexibility index (Phi) is 2.93. The maximum absolute atomic E-state index is 5.80. The van der Waals surface area contributed by atoms with E-state index in [0.717, 1.165) is 35.9 Å². The summed E-state index contributed by atoms with van der Waals surface area (Å²) in [7, 11) is 0. The number of ether oxygens (including phenoxy) is 1. The summed E-state index contributed by atoms with van der Waals surface area (Å²) in [5.74, 6) is 1.11. The van der Waals surface area contributed by atoms with Gasteiger partial charge in [0, 0.05) is 30.9 Å². The normalized spacial score (nSPS) is 24.1. The molecule has 102 valence electrons. The van der Waals surface area contributed by atoms with Crippen LogP contribution in [0.5, 0.6) is 0 Å². The predicted molar refractivity (Wildman–Crippen MR) is 74.7 cm³/mol. The van der Waals surface area contributed by atoms with Crippen LogP contribution in [-0.4, -0.2) is 39.9 Å². The Balaban J connectivity index is 2.08. The highest BCUT2D eigenvalue weighted by atomic mass is 16.5. The van der Waals surface area contributed by atoms with Crippen LogP contribution in [0.25, 0.3) is 5.65 Å². The zero-order valence-corrected chi connectivity index (χ0v) is 11.9. The van der Waals surface area contributed by atoms with E-state index in [1.54, 1.807) is 0 Å². The summed E-state index contributed by atoms with van der Waals surface area (Å²) in [6.07, 6.45) is 0.480. The molecule has 0 amide bonds. The van der Waals surface area contributed by atoms with Gasteiger partial charge in [0.15, 0.2) is 5.65 Å². The first-order valence-electron chi connectivity index (χ1n) is 6.77. The number of morpholine rings is 1. The highest BCUT2D eigenvalue weighted by Gasteiger charge is 2.24. The van der Waals surface area contributed by atoms with E-state index < -0.39 is 0 Å². The van der Waals surface area contributed by atoms with Crippen LogP contribution in [-0.2, 0) is 4.74 Å². The van der Waals surface area contributed by atoms with Gasteiger partial charge in [-0.05, 0) is 27.7 Å². The second-order valence-electron chi connectivity index (χ2n) is 5.47. The quantitative estimate of drug-likeness (QED) is 0.786. The molecule has 5 nitrogen and oxygen atoms in total. The molecule has 0 spiro atoms. The third kappa shape index (κ3) is 2.30. The third-order valence-electron chi connectivity index (χ3n) is 3.40. The van der Waals surface area contributed by atoms with Crippen molar-refractivity contribution in [1.82, 2.24) is 14.6 Å². The summed E-state index contributed by atoms with van der Waals surface area (Å²) in [5, 5.41) is 4.55. The zero-order chi connectivity index (χ0) is 13.6. The van der Waals surface area contributed by atoms with E-state index in [2.05, 4.69) is 34.9 Å².